The van der Waals surface area contributed by atoms with Crippen molar-refractivity contribution in [1.29, 1.82) is 0 Å². The Morgan fingerprint density at radius 2 is 1.60 bits per heavy atom. The van der Waals surface area contributed by atoms with Crippen LogP contribution in [0.4, 0.5) is 0 Å². The third-order valence-electron chi connectivity index (χ3n) is 11.2. The molecule has 1 unspecified atom stereocenters. The first-order chi connectivity index (χ1) is 22.1. The molecule has 5 aliphatic rings. The van der Waals surface area contributed by atoms with Gasteiger partial charge in [-0.1, -0.05) is 26.3 Å². The van der Waals surface area contributed by atoms with Crippen LogP contribution in [0.25, 0.3) is 0 Å². The van der Waals surface area contributed by atoms with Gasteiger partial charge in [-0.15, -0.1) is 0 Å². The molecule has 0 aromatic rings. The molecular weight excluding hydrogens is 616 g/mol. The summed E-state index contributed by atoms with van der Waals surface area (Å²) in [7, 11) is 0. The molecule has 5 rings (SSSR count). The predicted molar refractivity (Wildman–Crippen MR) is 161 cm³/mol. The van der Waals surface area contributed by atoms with Gasteiger partial charge in [0.1, 0.15) is 24.4 Å². The lowest BCUT2D eigenvalue weighted by atomic mass is 9.44. The van der Waals surface area contributed by atoms with Crippen LogP contribution in [0.2, 0.25) is 0 Å². The summed E-state index contributed by atoms with van der Waals surface area (Å²) in [6.07, 6.45) is 2.25. The minimum atomic E-state index is -1.61. The van der Waals surface area contributed by atoms with Gasteiger partial charge in [0, 0.05) is 39.0 Å². The van der Waals surface area contributed by atoms with Gasteiger partial charge in [-0.2, -0.15) is 0 Å². The second kappa shape index (κ2) is 12.5. The molecule has 3 aliphatic heterocycles. The minimum Gasteiger partial charge on any atom is -0.472 e. The molecule has 1 saturated carbocycles. The summed E-state index contributed by atoms with van der Waals surface area (Å²) in [6.45, 7) is 12.1. The molecule has 13 heteroatoms. The summed E-state index contributed by atoms with van der Waals surface area (Å²) in [4.78, 5) is 63.9. The van der Waals surface area contributed by atoms with Crippen LogP contribution in [0.5, 0.6) is 0 Å². The van der Waals surface area contributed by atoms with Crippen LogP contribution in [-0.2, 0) is 61.9 Å². The maximum atomic E-state index is 14.0. The number of hydrogen-bond donors (Lipinski definition) is 0. The zero-order valence-corrected chi connectivity index (χ0v) is 28.3. The lowest BCUT2D eigenvalue weighted by molar-refractivity contribution is -0.255. The van der Waals surface area contributed by atoms with E-state index in [9.17, 15) is 24.0 Å². The Morgan fingerprint density at radius 3 is 2.13 bits per heavy atom. The second-order valence-electron chi connectivity index (χ2n) is 13.6. The molecule has 0 aromatic heterocycles. The summed E-state index contributed by atoms with van der Waals surface area (Å²) < 4.78 is 48.1. The smallest absolute Gasteiger partial charge is 0.351 e. The lowest BCUT2D eigenvalue weighted by Gasteiger charge is -2.62. The summed E-state index contributed by atoms with van der Waals surface area (Å²) in [5.41, 5.74) is -4.34. The molecule has 0 aromatic carbocycles. The average Bonchev–Trinajstić information content (AvgIpc) is 3.47. The van der Waals surface area contributed by atoms with E-state index in [1.54, 1.807) is 20.1 Å². The monoisotopic (exact) mass is 662 g/mol. The molecule has 13 nitrogen and oxygen atoms in total. The first kappa shape index (κ1) is 34.9. The standard InChI is InChI=1S/C34H46O13/c1-9-32(10-2,47-22(7)38)30(39)46-28-24(43-20(5)36)15-25-31(8,26-14-23-11-12-40-29(23)45-26)18(3)13-27(44-21(6)37)33(25,16-41-19(4)35)34(28)17-42-34/h11-13,23-29H,9-10,14-17H2,1-8H3/t23-,24?,25-,26+,27+,28+,29+,31+,33+,34-/m1/s1. The summed E-state index contributed by atoms with van der Waals surface area (Å²) in [6, 6.07) is 0. The van der Waals surface area contributed by atoms with Crippen LogP contribution < -0.4 is 0 Å². The van der Waals surface area contributed by atoms with E-state index in [2.05, 4.69) is 0 Å². The largest absolute Gasteiger partial charge is 0.472 e. The Kier molecular flexibility index (Phi) is 9.30. The summed E-state index contributed by atoms with van der Waals surface area (Å²) >= 11 is 0. The van der Waals surface area contributed by atoms with Crippen molar-refractivity contribution in [3.8, 4) is 0 Å². The second-order valence-corrected chi connectivity index (χ2v) is 13.6. The quantitative estimate of drug-likeness (QED) is 0.145. The van der Waals surface area contributed by atoms with E-state index in [4.69, 9.17) is 37.9 Å². The molecule has 0 amide bonds. The predicted octanol–water partition coefficient (Wildman–Crippen LogP) is 3.46. The van der Waals surface area contributed by atoms with E-state index in [-0.39, 0.29) is 38.4 Å². The molecule has 3 heterocycles. The summed E-state index contributed by atoms with van der Waals surface area (Å²) in [5.74, 6) is -3.79. The first-order valence-corrected chi connectivity index (χ1v) is 16.3. The minimum absolute atomic E-state index is 0.00263. The van der Waals surface area contributed by atoms with Gasteiger partial charge in [0.25, 0.3) is 0 Å². The Hall–Kier alpha value is -3.45. The molecule has 1 spiro atoms. The Morgan fingerprint density at radius 1 is 0.936 bits per heavy atom. The molecule has 2 saturated heterocycles. The molecule has 0 radical (unpaired) electrons. The number of carbonyl (C=O) groups excluding carboxylic acids is 5. The van der Waals surface area contributed by atoms with Crippen molar-refractivity contribution in [1.82, 2.24) is 0 Å². The lowest BCUT2D eigenvalue weighted by Crippen LogP contribution is -2.73. The van der Waals surface area contributed by atoms with Gasteiger partial charge in [-0.25, -0.2) is 4.79 Å². The van der Waals surface area contributed by atoms with Crippen molar-refractivity contribution in [2.45, 2.75) is 123 Å². The highest BCUT2D eigenvalue weighted by atomic mass is 16.7. The topological polar surface area (TPSA) is 162 Å². The van der Waals surface area contributed by atoms with Gasteiger partial charge < -0.3 is 37.9 Å². The van der Waals surface area contributed by atoms with Crippen LogP contribution in [0, 0.1) is 22.7 Å². The summed E-state index contributed by atoms with van der Waals surface area (Å²) in [5, 5.41) is 0. The number of rotatable bonds is 10. The molecule has 0 bridgehead atoms. The van der Waals surface area contributed by atoms with Crippen LogP contribution in [0.3, 0.4) is 0 Å². The molecule has 3 fully saturated rings. The van der Waals surface area contributed by atoms with Gasteiger partial charge in [-0.3, -0.25) is 19.2 Å². The fraction of sp³-hybridized carbons (Fsp3) is 0.735. The van der Waals surface area contributed by atoms with Crippen LogP contribution in [0.1, 0.15) is 81.1 Å². The fourth-order valence-electron chi connectivity index (χ4n) is 8.61. The number of ether oxygens (including phenoxy) is 8. The van der Waals surface area contributed by atoms with E-state index in [1.807, 2.05) is 26.0 Å². The Bertz CT molecular complexity index is 1360. The van der Waals surface area contributed by atoms with Crippen LogP contribution >= 0.6 is 0 Å². The number of hydrogen-bond acceptors (Lipinski definition) is 13. The van der Waals surface area contributed by atoms with Gasteiger partial charge in [0.05, 0.1) is 24.4 Å². The highest BCUT2D eigenvalue weighted by Gasteiger charge is 2.81. The molecule has 2 aliphatic carbocycles. The third kappa shape index (κ3) is 5.62. The van der Waals surface area contributed by atoms with Gasteiger partial charge in [0.2, 0.25) is 11.9 Å². The Balaban J connectivity index is 1.69. The normalized spacial score (nSPS) is 38.3. The molecule has 0 N–H and O–H groups in total. The average molecular weight is 663 g/mol. The number of fused-ring (bicyclic) bond motifs is 3. The van der Waals surface area contributed by atoms with Crippen molar-refractivity contribution in [3.05, 3.63) is 24.0 Å². The molecule has 260 valence electrons. The zero-order valence-electron chi connectivity index (χ0n) is 28.3. The molecule has 10 atom stereocenters. The zero-order chi connectivity index (χ0) is 34.5. The van der Waals surface area contributed by atoms with E-state index >= 15 is 0 Å². The third-order valence-corrected chi connectivity index (χ3v) is 11.2. The number of esters is 5. The van der Waals surface area contributed by atoms with Crippen molar-refractivity contribution < 1.29 is 61.9 Å². The fourth-order valence-corrected chi connectivity index (χ4v) is 8.61. The van der Waals surface area contributed by atoms with Crippen molar-refractivity contribution in [2.75, 3.05) is 13.2 Å². The van der Waals surface area contributed by atoms with Crippen molar-refractivity contribution >= 4 is 29.8 Å². The van der Waals surface area contributed by atoms with E-state index in [0.717, 1.165) is 5.57 Å². The molecular formula is C34H46O13. The van der Waals surface area contributed by atoms with Gasteiger partial charge in [0.15, 0.2) is 6.10 Å². The van der Waals surface area contributed by atoms with E-state index in [1.165, 1.54) is 27.7 Å². The SMILES string of the molecule is CCC(CC)(OC(C)=O)C(=O)O[C@H]1C(OC(C)=O)C[C@@H]2[C@@](C)([C@@H]3C[C@H]4C=CO[C@H]4O3)C(C)=C[C@H](OC(C)=O)[C@@]2(COC(C)=O)[C@@]12CO2. The Labute approximate surface area is 274 Å². The van der Waals surface area contributed by atoms with Crippen molar-refractivity contribution in [2.24, 2.45) is 22.7 Å². The first-order valence-electron chi connectivity index (χ1n) is 16.3. The molecule has 47 heavy (non-hydrogen) atoms. The maximum absolute atomic E-state index is 14.0. The van der Waals surface area contributed by atoms with Crippen molar-refractivity contribution in [3.63, 3.8) is 0 Å². The number of epoxide rings is 1. The number of carbonyl (C=O) groups is 5. The van der Waals surface area contributed by atoms with Crippen LogP contribution in [0.15, 0.2) is 24.0 Å². The highest BCUT2D eigenvalue weighted by Crippen LogP contribution is 2.69. The van der Waals surface area contributed by atoms with E-state index < -0.39 is 88.5 Å². The maximum Gasteiger partial charge on any atom is 0.351 e. The highest BCUT2D eigenvalue weighted by molar-refractivity contribution is 5.83. The van der Waals surface area contributed by atoms with Crippen LogP contribution in [-0.4, -0.2) is 85.0 Å². The van der Waals surface area contributed by atoms with E-state index in [0.29, 0.717) is 6.42 Å². The van der Waals surface area contributed by atoms with Gasteiger partial charge >= 0.3 is 29.8 Å². The van der Waals surface area contributed by atoms with Gasteiger partial charge in [-0.05, 0) is 50.7 Å².